The van der Waals surface area contributed by atoms with E-state index in [2.05, 4.69) is 17.1 Å². The van der Waals surface area contributed by atoms with E-state index < -0.39 is 6.29 Å². The number of hydrogen-bond donors (Lipinski definition) is 2. The summed E-state index contributed by atoms with van der Waals surface area (Å²) in [4.78, 5) is 15.0. The Labute approximate surface area is 349 Å². The summed E-state index contributed by atoms with van der Waals surface area (Å²) >= 11 is 0. The van der Waals surface area contributed by atoms with Crippen LogP contribution in [0.4, 0.5) is 0 Å². The molecule has 11 heteroatoms. The second-order valence-electron chi connectivity index (χ2n) is 15.7. The number of rotatable bonds is 21. The number of benzene rings is 2. The van der Waals surface area contributed by atoms with E-state index in [4.69, 9.17) is 33.2 Å². The molecule has 2 aromatic carbocycles. The van der Waals surface area contributed by atoms with Crippen LogP contribution in [0.25, 0.3) is 0 Å². The number of carbonyl (C=O) groups is 1. The lowest BCUT2D eigenvalue weighted by Gasteiger charge is -2.38. The Hall–Kier alpha value is -2.45. The molecule has 11 nitrogen and oxygen atoms in total. The van der Waals surface area contributed by atoms with Crippen molar-refractivity contribution >= 4 is 5.91 Å². The molecule has 4 rings (SSSR count). The first kappa shape index (κ1) is 48.2. The first-order valence-electron chi connectivity index (χ1n) is 22.6. The molecule has 2 aliphatic rings. The third kappa shape index (κ3) is 21.2. The number of nitrogens with one attached hydrogen (secondary N) is 1. The molecule has 0 spiro atoms. The topological polar surface area (TPSA) is 117 Å². The summed E-state index contributed by atoms with van der Waals surface area (Å²) in [5.74, 6) is 0.112. The maximum Gasteiger partial charge on any atom is 0.220 e. The second-order valence-corrected chi connectivity index (χ2v) is 15.7. The van der Waals surface area contributed by atoms with Crippen molar-refractivity contribution in [1.29, 1.82) is 0 Å². The van der Waals surface area contributed by atoms with Crippen LogP contribution in [0.15, 0.2) is 48.5 Å². The molecular weight excluding hydrogens is 737 g/mol. The highest BCUT2D eigenvalue weighted by atomic mass is 16.7. The number of hydrogen-bond acceptors (Lipinski definition) is 10. The number of amides is 1. The highest BCUT2D eigenvalue weighted by Crippen LogP contribution is 2.38. The van der Waals surface area contributed by atoms with Gasteiger partial charge >= 0.3 is 0 Å². The fourth-order valence-corrected chi connectivity index (χ4v) is 7.37. The molecule has 0 bridgehead atoms. The Morgan fingerprint density at radius 3 is 1.59 bits per heavy atom. The largest absolute Gasteiger partial charge is 0.392 e. The smallest absolute Gasteiger partial charge is 0.220 e. The highest BCUT2D eigenvalue weighted by Gasteiger charge is 2.33. The van der Waals surface area contributed by atoms with Gasteiger partial charge in [-0.15, -0.1) is 0 Å². The lowest BCUT2D eigenvalue weighted by Crippen LogP contribution is -2.42. The summed E-state index contributed by atoms with van der Waals surface area (Å²) in [6.07, 6.45) is 17.3. The van der Waals surface area contributed by atoms with Crippen molar-refractivity contribution in [3.8, 4) is 0 Å². The van der Waals surface area contributed by atoms with E-state index in [1.165, 1.54) is 70.6 Å². The molecule has 2 heterocycles. The summed E-state index contributed by atoms with van der Waals surface area (Å²) in [5, 5.41) is 12.7. The zero-order valence-corrected chi connectivity index (χ0v) is 35.7. The van der Waals surface area contributed by atoms with Gasteiger partial charge in [-0.1, -0.05) is 133 Å². The number of unbranched alkanes of at least 4 members (excludes halogenated alkanes) is 12. The van der Waals surface area contributed by atoms with Gasteiger partial charge in [0.1, 0.15) is 0 Å². The highest BCUT2D eigenvalue weighted by molar-refractivity contribution is 5.75. The van der Waals surface area contributed by atoms with Crippen molar-refractivity contribution in [3.63, 3.8) is 0 Å². The number of aliphatic hydroxyl groups is 1. The number of nitrogens with zero attached hydrogens (tertiary/aromatic N) is 1. The van der Waals surface area contributed by atoms with Gasteiger partial charge in [-0.2, -0.15) is 0 Å². The summed E-state index contributed by atoms with van der Waals surface area (Å²) < 4.78 is 41.9. The molecule has 328 valence electrons. The molecule has 0 aromatic heterocycles. The number of ether oxygens (including phenoxy) is 7. The monoisotopic (exact) mass is 813 g/mol. The van der Waals surface area contributed by atoms with E-state index >= 15 is 0 Å². The lowest BCUT2D eigenvalue weighted by atomic mass is 9.99. The molecule has 2 fully saturated rings. The van der Waals surface area contributed by atoms with Gasteiger partial charge in [0.05, 0.1) is 84.9 Å². The van der Waals surface area contributed by atoms with E-state index in [1.807, 2.05) is 48.5 Å². The molecule has 58 heavy (non-hydrogen) atoms. The second kappa shape index (κ2) is 31.4. The van der Waals surface area contributed by atoms with E-state index in [9.17, 15) is 9.90 Å². The molecule has 0 radical (unpaired) electrons. The third-order valence-electron chi connectivity index (χ3n) is 10.9. The molecule has 1 amide bonds. The molecule has 0 aliphatic carbocycles. The number of aliphatic hydroxyl groups excluding tert-OH is 1. The SMILES string of the molecule is CCCCCCCCCCCCCCCC(=O)NCc1ccc(C2O[C@H](CN3CCOCCOCCOCCOCCOCC3)C[C@H](c3ccc(CO)cc3)O2)cc1. The van der Waals surface area contributed by atoms with Gasteiger partial charge in [0.25, 0.3) is 0 Å². The van der Waals surface area contributed by atoms with Crippen LogP contribution in [-0.4, -0.2) is 108 Å². The third-order valence-corrected chi connectivity index (χ3v) is 10.9. The Morgan fingerprint density at radius 1 is 0.603 bits per heavy atom. The summed E-state index contributed by atoms with van der Waals surface area (Å²) in [5.41, 5.74) is 3.89. The van der Waals surface area contributed by atoms with Crippen molar-refractivity contribution in [3.05, 3.63) is 70.8 Å². The van der Waals surface area contributed by atoms with Crippen LogP contribution in [-0.2, 0) is 51.1 Å². The van der Waals surface area contributed by atoms with Gasteiger partial charge in [0.15, 0.2) is 6.29 Å². The van der Waals surface area contributed by atoms with E-state index in [0.29, 0.717) is 92.0 Å². The van der Waals surface area contributed by atoms with Crippen molar-refractivity contribution < 1.29 is 43.1 Å². The fraction of sp³-hybridized carbons (Fsp3) is 0.723. The number of carbonyl (C=O) groups excluding carboxylic acids is 1. The first-order chi connectivity index (χ1) is 28.6. The van der Waals surface area contributed by atoms with Gasteiger partial charge in [-0.25, -0.2) is 0 Å². The lowest BCUT2D eigenvalue weighted by molar-refractivity contribution is -0.253. The fourth-order valence-electron chi connectivity index (χ4n) is 7.37. The van der Waals surface area contributed by atoms with Gasteiger partial charge in [0, 0.05) is 44.6 Å². The zero-order valence-electron chi connectivity index (χ0n) is 35.7. The molecule has 2 saturated heterocycles. The predicted octanol–water partition coefficient (Wildman–Crippen LogP) is 8.22. The Morgan fingerprint density at radius 2 is 1.07 bits per heavy atom. The van der Waals surface area contributed by atoms with Crippen molar-refractivity contribution in [2.45, 2.75) is 135 Å². The molecule has 2 aliphatic heterocycles. The normalized spacial score (nSPS) is 21.2. The zero-order chi connectivity index (χ0) is 40.7. The van der Waals surface area contributed by atoms with Crippen LogP contribution in [0.5, 0.6) is 0 Å². The maximum atomic E-state index is 12.6. The van der Waals surface area contributed by atoms with Crippen molar-refractivity contribution in [1.82, 2.24) is 10.2 Å². The van der Waals surface area contributed by atoms with Gasteiger partial charge in [-0.05, 0) is 23.1 Å². The van der Waals surface area contributed by atoms with Gasteiger partial charge < -0.3 is 43.6 Å². The van der Waals surface area contributed by atoms with Crippen LogP contribution >= 0.6 is 0 Å². The molecular formula is C47H76N2O9. The Kier molecular flexibility index (Phi) is 26.1. The quantitative estimate of drug-likeness (QED) is 0.120. The Balaban J connectivity index is 1.24. The summed E-state index contributed by atoms with van der Waals surface area (Å²) in [6, 6.07) is 16.2. The van der Waals surface area contributed by atoms with E-state index in [-0.39, 0.29) is 24.7 Å². The summed E-state index contributed by atoms with van der Waals surface area (Å²) in [7, 11) is 0. The minimum absolute atomic E-state index is 0.00181. The van der Waals surface area contributed by atoms with Crippen molar-refractivity contribution in [2.24, 2.45) is 0 Å². The first-order valence-corrected chi connectivity index (χ1v) is 22.6. The molecule has 1 unspecified atom stereocenters. The van der Waals surface area contributed by atoms with Crippen LogP contribution < -0.4 is 5.32 Å². The van der Waals surface area contributed by atoms with Gasteiger partial charge in [-0.3, -0.25) is 9.69 Å². The van der Waals surface area contributed by atoms with E-state index in [1.54, 1.807) is 0 Å². The maximum absolute atomic E-state index is 12.6. The van der Waals surface area contributed by atoms with Crippen molar-refractivity contribution in [2.75, 3.05) is 85.7 Å². The van der Waals surface area contributed by atoms with Crippen LogP contribution in [0.2, 0.25) is 0 Å². The minimum Gasteiger partial charge on any atom is -0.392 e. The summed E-state index contributed by atoms with van der Waals surface area (Å²) in [6.45, 7) is 10.3. The van der Waals surface area contributed by atoms with Crippen LogP contribution in [0, 0.1) is 0 Å². The average Bonchev–Trinajstić information content (AvgIpc) is 3.25. The van der Waals surface area contributed by atoms with E-state index in [0.717, 1.165) is 48.2 Å². The molecule has 3 atom stereocenters. The van der Waals surface area contributed by atoms with Crippen LogP contribution in [0.1, 0.15) is 138 Å². The minimum atomic E-state index is -0.563. The van der Waals surface area contributed by atoms with Gasteiger partial charge in [0.2, 0.25) is 5.91 Å². The Bertz CT molecular complexity index is 1280. The standard InChI is InChI=1S/C47H76N2O9/c1-2-3-4-5-6-7-8-9-10-11-12-13-14-15-46(51)48-37-40-16-22-43(23-17-40)47-57-44(36-45(58-47)42-20-18-41(39-50)19-21-42)38-49-24-26-52-28-30-54-32-34-56-35-33-55-31-29-53-27-25-49/h16-23,44-45,47,50H,2-15,24-39H2,1H3,(H,48,51)/t44-,45+,47?/m0/s1. The molecule has 2 N–H and O–H groups in total. The molecule has 2 aromatic rings. The van der Waals surface area contributed by atoms with Crippen LogP contribution in [0.3, 0.4) is 0 Å². The predicted molar refractivity (Wildman–Crippen MR) is 228 cm³/mol. The average molecular weight is 813 g/mol. The molecule has 0 saturated carbocycles.